The van der Waals surface area contributed by atoms with Crippen molar-refractivity contribution in [3.63, 3.8) is 0 Å². The average molecular weight is 425 g/mol. The van der Waals surface area contributed by atoms with E-state index in [0.717, 1.165) is 59.7 Å². The molecule has 0 saturated carbocycles. The summed E-state index contributed by atoms with van der Waals surface area (Å²) in [5, 5.41) is 0.956. The van der Waals surface area contributed by atoms with E-state index in [1.54, 1.807) is 24.7 Å². The molecule has 4 aromatic rings. The number of carbonyl (C=O) groups is 1. The second kappa shape index (κ2) is 8.80. The number of pyridine rings is 4. The maximum absolute atomic E-state index is 13.0. The first-order valence-corrected chi connectivity index (χ1v) is 10.7. The molecule has 0 aliphatic carbocycles. The minimum atomic E-state index is 0.0333. The Morgan fingerprint density at radius 3 is 2.59 bits per heavy atom. The molecular weight excluding hydrogens is 400 g/mol. The predicted molar refractivity (Wildman–Crippen MR) is 125 cm³/mol. The Labute approximate surface area is 186 Å². The van der Waals surface area contributed by atoms with Crippen molar-refractivity contribution in [2.24, 2.45) is 0 Å². The van der Waals surface area contributed by atoms with Gasteiger partial charge in [0.25, 0.3) is 0 Å². The Morgan fingerprint density at radius 1 is 0.906 bits per heavy atom. The van der Waals surface area contributed by atoms with Gasteiger partial charge in [0.05, 0.1) is 18.1 Å². The SMILES string of the molecule is CN1CCN(c2cc(C(=O)Cc3cc4cc(-c5cccnc5)cnc4cn3)ccn2)CC1. The molecule has 5 heterocycles. The molecule has 0 amide bonds. The summed E-state index contributed by atoms with van der Waals surface area (Å²) >= 11 is 0. The number of nitrogens with zero attached hydrogens (tertiary/aromatic N) is 6. The molecule has 160 valence electrons. The number of hydrogen-bond acceptors (Lipinski definition) is 7. The Kier molecular flexibility index (Phi) is 5.56. The Balaban J connectivity index is 1.36. The number of piperazine rings is 1. The Bertz CT molecular complexity index is 1250. The molecule has 7 heteroatoms. The third-order valence-electron chi connectivity index (χ3n) is 5.86. The zero-order valence-electron chi connectivity index (χ0n) is 18.0. The van der Waals surface area contributed by atoms with Gasteiger partial charge in [0.15, 0.2) is 5.78 Å². The average Bonchev–Trinajstić information content (AvgIpc) is 2.84. The van der Waals surface area contributed by atoms with E-state index in [1.165, 1.54) is 0 Å². The number of carbonyl (C=O) groups excluding carboxylic acids is 1. The number of Topliss-reactive ketones (excluding diaryl/α,β-unsaturated/α-hetero) is 1. The summed E-state index contributed by atoms with van der Waals surface area (Å²) in [5.74, 6) is 0.895. The minimum Gasteiger partial charge on any atom is -0.354 e. The monoisotopic (exact) mass is 424 g/mol. The van der Waals surface area contributed by atoms with E-state index in [2.05, 4.69) is 42.8 Å². The molecule has 32 heavy (non-hydrogen) atoms. The lowest BCUT2D eigenvalue weighted by atomic mass is 10.0. The van der Waals surface area contributed by atoms with Crippen LogP contribution in [0.1, 0.15) is 16.1 Å². The molecule has 0 radical (unpaired) electrons. The van der Waals surface area contributed by atoms with Crippen LogP contribution in [0.4, 0.5) is 5.82 Å². The van der Waals surface area contributed by atoms with Crippen LogP contribution in [-0.2, 0) is 6.42 Å². The van der Waals surface area contributed by atoms with E-state index in [0.29, 0.717) is 5.56 Å². The largest absolute Gasteiger partial charge is 0.354 e. The molecule has 0 atom stereocenters. The lowest BCUT2D eigenvalue weighted by Crippen LogP contribution is -2.44. The first kappa shape index (κ1) is 20.2. The molecular formula is C25H24N6O. The van der Waals surface area contributed by atoms with Gasteiger partial charge in [-0.3, -0.25) is 19.7 Å². The number of likely N-dealkylation sites (N-methyl/N-ethyl adjacent to an activating group) is 1. The van der Waals surface area contributed by atoms with E-state index in [1.807, 2.05) is 36.7 Å². The molecule has 1 saturated heterocycles. The second-order valence-corrected chi connectivity index (χ2v) is 8.13. The van der Waals surface area contributed by atoms with E-state index in [9.17, 15) is 4.79 Å². The topological polar surface area (TPSA) is 75.1 Å². The molecule has 1 fully saturated rings. The van der Waals surface area contributed by atoms with Crippen molar-refractivity contribution in [1.82, 2.24) is 24.8 Å². The summed E-state index contributed by atoms with van der Waals surface area (Å²) < 4.78 is 0. The lowest BCUT2D eigenvalue weighted by Gasteiger charge is -2.33. The third-order valence-corrected chi connectivity index (χ3v) is 5.86. The van der Waals surface area contributed by atoms with Gasteiger partial charge in [-0.05, 0) is 37.4 Å². The number of rotatable bonds is 5. The summed E-state index contributed by atoms with van der Waals surface area (Å²) in [6.07, 6.45) is 9.07. The summed E-state index contributed by atoms with van der Waals surface area (Å²) in [5.41, 5.74) is 4.18. The van der Waals surface area contributed by atoms with Gasteiger partial charge in [-0.25, -0.2) is 4.98 Å². The highest BCUT2D eigenvalue weighted by Gasteiger charge is 2.17. The number of fused-ring (bicyclic) bond motifs is 1. The summed E-state index contributed by atoms with van der Waals surface area (Å²) in [7, 11) is 2.12. The van der Waals surface area contributed by atoms with Crippen LogP contribution in [0.2, 0.25) is 0 Å². The van der Waals surface area contributed by atoms with Crippen LogP contribution < -0.4 is 4.90 Å². The molecule has 4 aromatic heterocycles. The maximum atomic E-state index is 13.0. The van der Waals surface area contributed by atoms with Gasteiger partial charge in [-0.15, -0.1) is 0 Å². The fourth-order valence-corrected chi connectivity index (χ4v) is 3.93. The molecule has 1 aliphatic heterocycles. The summed E-state index contributed by atoms with van der Waals surface area (Å²) in [6, 6.07) is 11.6. The van der Waals surface area contributed by atoms with Crippen LogP contribution in [0.3, 0.4) is 0 Å². The molecule has 0 unspecified atom stereocenters. The van der Waals surface area contributed by atoms with Crippen molar-refractivity contribution in [3.05, 3.63) is 78.6 Å². The lowest BCUT2D eigenvalue weighted by molar-refractivity contribution is 0.0992. The molecule has 0 spiro atoms. The van der Waals surface area contributed by atoms with Gasteiger partial charge >= 0.3 is 0 Å². The standard InChI is InChI=1S/C25H24N6O/c1-30-7-9-31(10-8-30)25-13-18(4-6-27-25)24(32)14-22-12-20-11-21(16-29-23(20)17-28-22)19-3-2-5-26-15-19/h2-6,11-13,15-17H,7-10,14H2,1H3. The van der Waals surface area contributed by atoms with Crippen LogP contribution in [0.5, 0.6) is 0 Å². The van der Waals surface area contributed by atoms with Crippen LogP contribution in [0, 0.1) is 0 Å². The highest BCUT2D eigenvalue weighted by atomic mass is 16.1. The Hall–Kier alpha value is -3.71. The first-order valence-electron chi connectivity index (χ1n) is 10.7. The number of ketones is 1. The number of hydrogen-bond donors (Lipinski definition) is 0. The van der Waals surface area contributed by atoms with Crippen LogP contribution in [0.15, 0.2) is 67.4 Å². The third kappa shape index (κ3) is 4.33. The molecule has 0 bridgehead atoms. The van der Waals surface area contributed by atoms with Gasteiger partial charge in [0, 0.05) is 78.7 Å². The van der Waals surface area contributed by atoms with E-state index >= 15 is 0 Å². The fraction of sp³-hybridized carbons (Fsp3) is 0.240. The van der Waals surface area contributed by atoms with E-state index in [-0.39, 0.29) is 12.2 Å². The van der Waals surface area contributed by atoms with Crippen molar-refractivity contribution in [1.29, 1.82) is 0 Å². The predicted octanol–water partition coefficient (Wildman–Crippen LogP) is 3.26. The molecule has 5 rings (SSSR count). The molecule has 0 N–H and O–H groups in total. The van der Waals surface area contributed by atoms with Crippen molar-refractivity contribution < 1.29 is 4.79 Å². The zero-order chi connectivity index (χ0) is 21.9. The fourth-order valence-electron chi connectivity index (χ4n) is 3.93. The zero-order valence-corrected chi connectivity index (χ0v) is 18.0. The first-order chi connectivity index (χ1) is 15.7. The number of aromatic nitrogens is 4. The van der Waals surface area contributed by atoms with Gasteiger partial charge in [-0.2, -0.15) is 0 Å². The quantitative estimate of drug-likeness (QED) is 0.455. The van der Waals surface area contributed by atoms with Gasteiger partial charge < -0.3 is 9.80 Å². The summed E-state index contributed by atoms with van der Waals surface area (Å²) in [6.45, 7) is 3.82. The second-order valence-electron chi connectivity index (χ2n) is 8.13. The van der Waals surface area contributed by atoms with Gasteiger partial charge in [0.1, 0.15) is 5.82 Å². The molecule has 0 aromatic carbocycles. The van der Waals surface area contributed by atoms with Crippen molar-refractivity contribution in [3.8, 4) is 11.1 Å². The maximum Gasteiger partial charge on any atom is 0.169 e. The van der Waals surface area contributed by atoms with Crippen LogP contribution >= 0.6 is 0 Å². The normalized spacial score (nSPS) is 14.6. The number of anilines is 1. The van der Waals surface area contributed by atoms with Crippen LogP contribution in [-0.4, -0.2) is 63.8 Å². The van der Waals surface area contributed by atoms with E-state index < -0.39 is 0 Å². The molecule has 1 aliphatic rings. The highest BCUT2D eigenvalue weighted by Crippen LogP contribution is 2.23. The van der Waals surface area contributed by atoms with Gasteiger partial charge in [0.2, 0.25) is 0 Å². The summed E-state index contributed by atoms with van der Waals surface area (Å²) in [4.78, 5) is 35.2. The van der Waals surface area contributed by atoms with E-state index in [4.69, 9.17) is 0 Å². The Morgan fingerprint density at radius 2 is 1.78 bits per heavy atom. The van der Waals surface area contributed by atoms with Crippen molar-refractivity contribution in [2.75, 3.05) is 38.1 Å². The van der Waals surface area contributed by atoms with Crippen LogP contribution in [0.25, 0.3) is 22.0 Å². The van der Waals surface area contributed by atoms with Crippen molar-refractivity contribution in [2.45, 2.75) is 6.42 Å². The smallest absolute Gasteiger partial charge is 0.169 e. The van der Waals surface area contributed by atoms with Gasteiger partial charge in [-0.1, -0.05) is 6.07 Å². The molecule has 7 nitrogen and oxygen atoms in total. The minimum absolute atomic E-state index is 0.0333. The van der Waals surface area contributed by atoms with Crippen molar-refractivity contribution >= 4 is 22.5 Å². The highest BCUT2D eigenvalue weighted by molar-refractivity contribution is 5.98.